The van der Waals surface area contributed by atoms with Crippen LogP contribution in [-0.2, 0) is 17.9 Å². The quantitative estimate of drug-likeness (QED) is 0.531. The lowest BCUT2D eigenvalue weighted by atomic mass is 9.81. The summed E-state index contributed by atoms with van der Waals surface area (Å²) in [4.78, 5) is 27.7. The van der Waals surface area contributed by atoms with Gasteiger partial charge in [-0.25, -0.2) is 0 Å². The Bertz CT molecular complexity index is 1170. The summed E-state index contributed by atoms with van der Waals surface area (Å²) in [6, 6.07) is 16.2. The molecule has 0 atom stereocenters. The molecular weight excluding hydrogens is 410 g/mol. The Labute approximate surface area is 195 Å². The van der Waals surface area contributed by atoms with Gasteiger partial charge in [0.05, 0.1) is 11.2 Å². The maximum Gasteiger partial charge on any atom is 0.254 e. The molecule has 0 bridgehead atoms. The van der Waals surface area contributed by atoms with Crippen LogP contribution in [0.3, 0.4) is 0 Å². The minimum atomic E-state index is 0.0423. The summed E-state index contributed by atoms with van der Waals surface area (Å²) >= 11 is 0. The van der Waals surface area contributed by atoms with E-state index in [1.165, 1.54) is 5.52 Å². The summed E-state index contributed by atoms with van der Waals surface area (Å²) in [7, 11) is 0. The van der Waals surface area contributed by atoms with Crippen LogP contribution >= 0.6 is 0 Å². The molecule has 2 heterocycles. The zero-order valence-electron chi connectivity index (χ0n) is 19.6. The highest BCUT2D eigenvalue weighted by molar-refractivity contribution is 6.02. The van der Waals surface area contributed by atoms with Crippen LogP contribution in [0.15, 0.2) is 54.7 Å². The van der Waals surface area contributed by atoms with Crippen LogP contribution in [0, 0.1) is 17.8 Å². The van der Waals surface area contributed by atoms with Crippen molar-refractivity contribution in [2.24, 2.45) is 17.8 Å². The van der Waals surface area contributed by atoms with Crippen molar-refractivity contribution in [3.05, 3.63) is 65.9 Å². The second-order valence-corrected chi connectivity index (χ2v) is 10.2. The van der Waals surface area contributed by atoms with E-state index >= 15 is 0 Å². The van der Waals surface area contributed by atoms with Crippen LogP contribution in [0.4, 0.5) is 5.69 Å². The molecule has 0 radical (unpaired) electrons. The van der Waals surface area contributed by atoms with E-state index in [-0.39, 0.29) is 17.7 Å². The van der Waals surface area contributed by atoms with Gasteiger partial charge in [-0.2, -0.15) is 0 Å². The van der Waals surface area contributed by atoms with Crippen LogP contribution in [0.1, 0.15) is 55.5 Å². The summed E-state index contributed by atoms with van der Waals surface area (Å²) in [6.07, 6.45) is 5.87. The van der Waals surface area contributed by atoms with E-state index in [1.807, 2.05) is 41.3 Å². The highest BCUT2D eigenvalue weighted by atomic mass is 16.2. The molecule has 0 unspecified atom stereocenters. The maximum absolute atomic E-state index is 13.1. The first-order valence-corrected chi connectivity index (χ1v) is 12.3. The van der Waals surface area contributed by atoms with Crippen LogP contribution in [0.5, 0.6) is 0 Å². The molecule has 1 aromatic heterocycles. The molecule has 2 aliphatic rings. The zero-order valence-corrected chi connectivity index (χ0v) is 19.6. The van der Waals surface area contributed by atoms with E-state index in [9.17, 15) is 9.59 Å². The predicted octanol–water partition coefficient (Wildman–Crippen LogP) is 5.70. The van der Waals surface area contributed by atoms with Crippen molar-refractivity contribution in [1.29, 1.82) is 0 Å². The first kappa shape index (κ1) is 21.7. The lowest BCUT2D eigenvalue weighted by Gasteiger charge is -2.30. The average molecular weight is 444 g/mol. The molecule has 1 aliphatic heterocycles. The van der Waals surface area contributed by atoms with Crippen molar-refractivity contribution in [1.82, 2.24) is 9.47 Å². The molecule has 2 amide bonds. The minimum absolute atomic E-state index is 0.0423. The van der Waals surface area contributed by atoms with E-state index in [1.54, 1.807) is 0 Å². The van der Waals surface area contributed by atoms with Crippen molar-refractivity contribution in [2.75, 3.05) is 11.9 Å². The molecule has 5 heteroatoms. The van der Waals surface area contributed by atoms with Gasteiger partial charge in [-0.15, -0.1) is 0 Å². The molecule has 0 spiro atoms. The van der Waals surface area contributed by atoms with Crippen LogP contribution in [0.25, 0.3) is 10.9 Å². The van der Waals surface area contributed by atoms with Gasteiger partial charge in [0, 0.05) is 42.7 Å². The average Bonchev–Trinajstić information content (AvgIpc) is 3.36. The molecule has 3 aromatic rings. The largest absolute Gasteiger partial charge is 0.347 e. The molecule has 2 aromatic carbocycles. The van der Waals surface area contributed by atoms with Gasteiger partial charge in [0.15, 0.2) is 0 Å². The van der Waals surface area contributed by atoms with E-state index in [2.05, 4.69) is 42.1 Å². The fourth-order valence-electron chi connectivity index (χ4n) is 5.50. The van der Waals surface area contributed by atoms with Crippen molar-refractivity contribution >= 4 is 28.4 Å². The van der Waals surface area contributed by atoms with Gasteiger partial charge in [0.25, 0.3) is 5.91 Å². The van der Waals surface area contributed by atoms with Gasteiger partial charge in [-0.1, -0.05) is 38.1 Å². The van der Waals surface area contributed by atoms with Crippen LogP contribution in [0.2, 0.25) is 0 Å². The van der Waals surface area contributed by atoms with E-state index < -0.39 is 0 Å². The van der Waals surface area contributed by atoms with Gasteiger partial charge in [-0.3, -0.25) is 9.59 Å². The van der Waals surface area contributed by atoms with Crippen LogP contribution in [-0.4, -0.2) is 27.8 Å². The third-order valence-electron chi connectivity index (χ3n) is 7.23. The monoisotopic (exact) mass is 443 g/mol. The predicted molar refractivity (Wildman–Crippen MR) is 132 cm³/mol. The van der Waals surface area contributed by atoms with Crippen molar-refractivity contribution in [2.45, 2.75) is 52.6 Å². The van der Waals surface area contributed by atoms with Crippen molar-refractivity contribution < 1.29 is 9.59 Å². The Hall–Kier alpha value is -3.08. The Balaban J connectivity index is 1.17. The van der Waals surface area contributed by atoms with E-state index in [4.69, 9.17) is 0 Å². The highest BCUT2D eigenvalue weighted by Gasteiger charge is 2.32. The first-order valence-electron chi connectivity index (χ1n) is 12.3. The number of carbonyl (C=O) groups is 2. The third kappa shape index (κ3) is 4.41. The topological polar surface area (TPSA) is 54.3 Å². The maximum atomic E-state index is 13.1. The van der Waals surface area contributed by atoms with E-state index in [0.717, 1.165) is 67.5 Å². The van der Waals surface area contributed by atoms with Gasteiger partial charge < -0.3 is 14.8 Å². The molecule has 1 aliphatic carbocycles. The number of hydrogen-bond acceptors (Lipinski definition) is 2. The molecule has 172 valence electrons. The first-order chi connectivity index (χ1) is 16.0. The lowest BCUT2D eigenvalue weighted by Crippen LogP contribution is -2.34. The molecular formula is C28H33N3O2. The standard InChI is InChI=1S/C28H33N3O2/c1-19(2)16-30-15-14-24-25(8-5-9-26(24)30)29-27(32)21-12-10-20(11-13-21)17-31-18-22-6-3-4-7-23(22)28(31)33/h3-9,14-15,19-21H,10-13,16-18H2,1-2H3,(H,29,32). The van der Waals surface area contributed by atoms with Crippen LogP contribution < -0.4 is 5.32 Å². The number of hydrogen-bond donors (Lipinski definition) is 1. The molecule has 1 saturated carbocycles. The van der Waals surface area contributed by atoms with Gasteiger partial charge in [0.1, 0.15) is 0 Å². The highest BCUT2D eigenvalue weighted by Crippen LogP contribution is 2.33. The van der Waals surface area contributed by atoms with Gasteiger partial charge >= 0.3 is 0 Å². The van der Waals surface area contributed by atoms with E-state index in [0.29, 0.717) is 11.8 Å². The van der Waals surface area contributed by atoms with Gasteiger partial charge in [0.2, 0.25) is 5.91 Å². The summed E-state index contributed by atoms with van der Waals surface area (Å²) in [6.45, 7) is 6.91. The number of amides is 2. The number of anilines is 1. The summed E-state index contributed by atoms with van der Waals surface area (Å²) in [5.41, 5.74) is 4.05. The second-order valence-electron chi connectivity index (χ2n) is 10.2. The number of nitrogens with one attached hydrogen (secondary N) is 1. The SMILES string of the molecule is CC(C)Cn1ccc2c(NC(=O)C3CCC(CN4Cc5ccccc5C4=O)CC3)cccc21. The fraction of sp³-hybridized carbons (Fsp3) is 0.429. The summed E-state index contributed by atoms with van der Waals surface area (Å²) in [5, 5.41) is 4.32. The molecule has 1 N–H and O–H groups in total. The molecule has 33 heavy (non-hydrogen) atoms. The number of aromatic nitrogens is 1. The number of carbonyl (C=O) groups excluding carboxylic acids is 2. The van der Waals surface area contributed by atoms with Gasteiger partial charge in [-0.05, 0) is 67.3 Å². The second kappa shape index (κ2) is 9.05. The Morgan fingerprint density at radius 1 is 1.03 bits per heavy atom. The Morgan fingerprint density at radius 3 is 2.58 bits per heavy atom. The Kier molecular flexibility index (Phi) is 5.96. The number of benzene rings is 2. The van der Waals surface area contributed by atoms with Crippen molar-refractivity contribution in [3.63, 3.8) is 0 Å². The minimum Gasteiger partial charge on any atom is -0.347 e. The smallest absolute Gasteiger partial charge is 0.254 e. The third-order valence-corrected chi connectivity index (χ3v) is 7.23. The zero-order chi connectivity index (χ0) is 22.9. The molecule has 1 fully saturated rings. The molecule has 5 nitrogen and oxygen atoms in total. The van der Waals surface area contributed by atoms with Crippen molar-refractivity contribution in [3.8, 4) is 0 Å². The lowest BCUT2D eigenvalue weighted by molar-refractivity contribution is -0.121. The fourth-order valence-corrected chi connectivity index (χ4v) is 5.50. The number of nitrogens with zero attached hydrogens (tertiary/aromatic N) is 2. The number of rotatable bonds is 6. The molecule has 0 saturated heterocycles. The number of fused-ring (bicyclic) bond motifs is 2. The normalized spacial score (nSPS) is 20.5. The summed E-state index contributed by atoms with van der Waals surface area (Å²) in [5.74, 6) is 1.37. The summed E-state index contributed by atoms with van der Waals surface area (Å²) < 4.78 is 2.26. The molecule has 5 rings (SSSR count). The Morgan fingerprint density at radius 2 is 1.82 bits per heavy atom.